The fourth-order valence-corrected chi connectivity index (χ4v) is 1.56. The zero-order chi connectivity index (χ0) is 11.3. The van der Waals surface area contributed by atoms with E-state index in [2.05, 4.69) is 20.9 Å². The molecule has 0 aromatic carbocycles. The van der Waals surface area contributed by atoms with Crippen LogP contribution in [0.5, 0.6) is 0 Å². The summed E-state index contributed by atoms with van der Waals surface area (Å²) in [7, 11) is 0. The maximum absolute atomic E-state index is 10.7. The number of nitro groups is 1. The summed E-state index contributed by atoms with van der Waals surface area (Å²) >= 11 is 3.16. The van der Waals surface area contributed by atoms with E-state index in [4.69, 9.17) is 5.73 Å². The highest BCUT2D eigenvalue weighted by molar-refractivity contribution is 9.10. The number of pyridine rings is 1. The molecule has 1 aromatic heterocycles. The second-order valence-electron chi connectivity index (χ2n) is 3.12. The van der Waals surface area contributed by atoms with E-state index in [9.17, 15) is 10.1 Å². The molecule has 15 heavy (non-hydrogen) atoms. The van der Waals surface area contributed by atoms with E-state index in [-0.39, 0.29) is 5.69 Å². The van der Waals surface area contributed by atoms with Crippen LogP contribution in [0.3, 0.4) is 0 Å². The van der Waals surface area contributed by atoms with Crippen LogP contribution in [0.4, 0.5) is 5.69 Å². The summed E-state index contributed by atoms with van der Waals surface area (Å²) in [6, 6.07) is 1.48. The number of hydrogen-bond donors (Lipinski definition) is 1. The molecule has 2 N–H and O–H groups in total. The molecule has 1 heterocycles. The first kappa shape index (κ1) is 12.1. The molecular weight excluding hydrogens is 262 g/mol. The Morgan fingerprint density at radius 1 is 1.53 bits per heavy atom. The smallest absolute Gasteiger partial charge is 0.291 e. The van der Waals surface area contributed by atoms with Gasteiger partial charge in [-0.15, -0.1) is 0 Å². The van der Waals surface area contributed by atoms with Crippen LogP contribution >= 0.6 is 15.9 Å². The van der Waals surface area contributed by atoms with Gasteiger partial charge in [0.1, 0.15) is 5.69 Å². The lowest BCUT2D eigenvalue weighted by Gasteiger charge is -2.01. The van der Waals surface area contributed by atoms with Crippen LogP contribution in [0.15, 0.2) is 16.7 Å². The molecule has 0 amide bonds. The van der Waals surface area contributed by atoms with Crippen molar-refractivity contribution in [3.8, 4) is 0 Å². The Bertz CT molecular complexity index is 357. The molecule has 6 heteroatoms. The molecule has 82 valence electrons. The monoisotopic (exact) mass is 273 g/mol. The Hall–Kier alpha value is -1.01. The molecule has 0 saturated heterocycles. The first-order chi connectivity index (χ1) is 7.15. The minimum Gasteiger partial charge on any atom is -0.330 e. The molecule has 0 aliphatic heterocycles. The van der Waals surface area contributed by atoms with Gasteiger partial charge in [0.25, 0.3) is 5.69 Å². The van der Waals surface area contributed by atoms with Gasteiger partial charge < -0.3 is 5.73 Å². The van der Waals surface area contributed by atoms with Gasteiger partial charge >= 0.3 is 0 Å². The largest absolute Gasteiger partial charge is 0.330 e. The van der Waals surface area contributed by atoms with E-state index in [1.54, 1.807) is 6.20 Å². The van der Waals surface area contributed by atoms with Crippen molar-refractivity contribution in [2.24, 2.45) is 5.73 Å². The third kappa shape index (κ3) is 3.56. The van der Waals surface area contributed by atoms with Gasteiger partial charge in [-0.2, -0.15) is 0 Å². The fraction of sp³-hybridized carbons (Fsp3) is 0.444. The van der Waals surface area contributed by atoms with Crippen LogP contribution in [0, 0.1) is 10.1 Å². The van der Waals surface area contributed by atoms with Crippen LogP contribution in [0.1, 0.15) is 18.5 Å². The number of unbranched alkanes of at least 4 members (excludes halogenated alkanes) is 1. The van der Waals surface area contributed by atoms with Gasteiger partial charge in [0, 0.05) is 16.7 Å². The third-order valence-electron chi connectivity index (χ3n) is 1.98. The number of rotatable bonds is 5. The quantitative estimate of drug-likeness (QED) is 0.506. The molecule has 0 aliphatic carbocycles. The molecule has 0 spiro atoms. The average molecular weight is 274 g/mol. The summed E-state index contributed by atoms with van der Waals surface area (Å²) in [5, 5.41) is 10.7. The lowest BCUT2D eigenvalue weighted by Crippen LogP contribution is -2.02. The first-order valence-corrected chi connectivity index (χ1v) is 5.43. The molecule has 0 atom stereocenters. The van der Waals surface area contributed by atoms with Crippen LogP contribution in [-0.2, 0) is 6.42 Å². The van der Waals surface area contributed by atoms with Crippen LogP contribution in [0.2, 0.25) is 0 Å². The zero-order valence-corrected chi connectivity index (χ0v) is 9.74. The van der Waals surface area contributed by atoms with Crippen molar-refractivity contribution in [3.05, 3.63) is 32.5 Å². The molecule has 0 saturated carbocycles. The topological polar surface area (TPSA) is 82.0 Å². The van der Waals surface area contributed by atoms with Crippen LogP contribution < -0.4 is 5.73 Å². The van der Waals surface area contributed by atoms with E-state index in [1.165, 1.54) is 6.07 Å². The normalized spacial score (nSPS) is 10.3. The molecule has 0 aliphatic rings. The van der Waals surface area contributed by atoms with Gasteiger partial charge in [-0.1, -0.05) is 0 Å². The highest BCUT2D eigenvalue weighted by atomic mass is 79.9. The molecule has 0 radical (unpaired) electrons. The Balaban J connectivity index is 2.81. The zero-order valence-electron chi connectivity index (χ0n) is 8.15. The third-order valence-corrected chi connectivity index (χ3v) is 2.41. The SMILES string of the molecule is NCCCCc1ncc(Br)cc1[N+](=O)[O-]. The van der Waals surface area contributed by atoms with Crippen molar-refractivity contribution in [2.75, 3.05) is 6.54 Å². The lowest BCUT2D eigenvalue weighted by atomic mass is 10.1. The summed E-state index contributed by atoms with van der Waals surface area (Å²) in [5.41, 5.74) is 5.95. The minimum atomic E-state index is -0.407. The van der Waals surface area contributed by atoms with Gasteiger partial charge in [0.2, 0.25) is 0 Å². The molecule has 1 rings (SSSR count). The second kappa shape index (κ2) is 5.77. The molecular formula is C9H12BrN3O2. The second-order valence-corrected chi connectivity index (χ2v) is 4.04. The summed E-state index contributed by atoms with van der Waals surface area (Å²) in [6.45, 7) is 0.602. The Morgan fingerprint density at radius 2 is 2.27 bits per heavy atom. The van der Waals surface area contributed by atoms with Crippen molar-refractivity contribution in [1.82, 2.24) is 4.98 Å². The van der Waals surface area contributed by atoms with Crippen molar-refractivity contribution >= 4 is 21.6 Å². The Labute approximate surface area is 96.0 Å². The summed E-state index contributed by atoms with van der Waals surface area (Å²) in [4.78, 5) is 14.4. The van der Waals surface area contributed by atoms with Crippen LogP contribution in [-0.4, -0.2) is 16.5 Å². The average Bonchev–Trinajstić information content (AvgIpc) is 2.20. The van der Waals surface area contributed by atoms with E-state index in [1.807, 2.05) is 0 Å². The highest BCUT2D eigenvalue weighted by Gasteiger charge is 2.14. The summed E-state index contributed by atoms with van der Waals surface area (Å²) < 4.78 is 0.622. The summed E-state index contributed by atoms with van der Waals surface area (Å²) in [5.74, 6) is 0. The van der Waals surface area contributed by atoms with Crippen LogP contribution in [0.25, 0.3) is 0 Å². The van der Waals surface area contributed by atoms with Crippen molar-refractivity contribution in [1.29, 1.82) is 0 Å². The Kier molecular flexibility index (Phi) is 4.64. The number of nitrogens with zero attached hydrogens (tertiary/aromatic N) is 2. The standard InChI is InChI=1S/C9H12BrN3O2/c10-7-5-9(13(14)15)8(12-6-7)3-1-2-4-11/h5-6H,1-4,11H2. The first-order valence-electron chi connectivity index (χ1n) is 4.64. The lowest BCUT2D eigenvalue weighted by molar-refractivity contribution is -0.386. The van der Waals surface area contributed by atoms with E-state index in [0.717, 1.165) is 12.8 Å². The number of nitrogens with two attached hydrogens (primary N) is 1. The van der Waals surface area contributed by atoms with E-state index >= 15 is 0 Å². The fourth-order valence-electron chi connectivity index (χ4n) is 1.24. The van der Waals surface area contributed by atoms with E-state index in [0.29, 0.717) is 23.1 Å². The predicted octanol–water partition coefficient (Wildman–Crippen LogP) is 2.03. The molecule has 0 fully saturated rings. The summed E-state index contributed by atoms with van der Waals surface area (Å²) in [6.07, 6.45) is 3.85. The van der Waals surface area contributed by atoms with Gasteiger partial charge in [-0.05, 0) is 41.7 Å². The number of halogens is 1. The molecule has 5 nitrogen and oxygen atoms in total. The molecule has 1 aromatic rings. The maximum Gasteiger partial charge on any atom is 0.291 e. The van der Waals surface area contributed by atoms with Crippen molar-refractivity contribution in [2.45, 2.75) is 19.3 Å². The number of aromatic nitrogens is 1. The van der Waals surface area contributed by atoms with Crippen molar-refractivity contribution < 1.29 is 4.92 Å². The van der Waals surface area contributed by atoms with Gasteiger partial charge in [-0.3, -0.25) is 15.1 Å². The van der Waals surface area contributed by atoms with Crippen molar-refractivity contribution in [3.63, 3.8) is 0 Å². The molecule has 0 bridgehead atoms. The predicted molar refractivity (Wildman–Crippen MR) is 60.6 cm³/mol. The van der Waals surface area contributed by atoms with Gasteiger partial charge in [0.15, 0.2) is 0 Å². The minimum absolute atomic E-state index is 0.0707. The number of hydrogen-bond acceptors (Lipinski definition) is 4. The Morgan fingerprint density at radius 3 is 2.87 bits per heavy atom. The van der Waals surface area contributed by atoms with Gasteiger partial charge in [0.05, 0.1) is 4.92 Å². The maximum atomic E-state index is 10.7. The number of aryl methyl sites for hydroxylation is 1. The molecule has 0 unspecified atom stereocenters. The van der Waals surface area contributed by atoms with E-state index < -0.39 is 4.92 Å². The van der Waals surface area contributed by atoms with Gasteiger partial charge in [-0.25, -0.2) is 0 Å². The highest BCUT2D eigenvalue weighted by Crippen LogP contribution is 2.22.